The number of aryl methyl sites for hydroxylation is 1. The number of aromatic nitrogens is 7. The van der Waals surface area contributed by atoms with Gasteiger partial charge in [-0.1, -0.05) is 0 Å². The van der Waals surface area contributed by atoms with E-state index in [-0.39, 0.29) is 11.9 Å². The van der Waals surface area contributed by atoms with Gasteiger partial charge in [0.15, 0.2) is 0 Å². The van der Waals surface area contributed by atoms with E-state index in [0.717, 1.165) is 41.1 Å². The van der Waals surface area contributed by atoms with Crippen molar-refractivity contribution < 1.29 is 4.79 Å². The van der Waals surface area contributed by atoms with Gasteiger partial charge in [-0.25, -0.2) is 9.97 Å². The van der Waals surface area contributed by atoms with Gasteiger partial charge in [-0.3, -0.25) is 18.6 Å². The summed E-state index contributed by atoms with van der Waals surface area (Å²) in [6.45, 7) is 0. The van der Waals surface area contributed by atoms with E-state index in [2.05, 4.69) is 15.2 Å². The van der Waals surface area contributed by atoms with Gasteiger partial charge in [-0.2, -0.15) is 10.2 Å². The highest BCUT2D eigenvalue weighted by Crippen LogP contribution is 2.41. The normalized spacial score (nSPS) is 15.2. The van der Waals surface area contributed by atoms with Crippen LogP contribution in [0.5, 0.6) is 0 Å². The monoisotopic (exact) mass is 376 g/mol. The van der Waals surface area contributed by atoms with Crippen LogP contribution in [-0.4, -0.2) is 39.8 Å². The van der Waals surface area contributed by atoms with Gasteiger partial charge in [0.1, 0.15) is 11.5 Å². The van der Waals surface area contributed by atoms with Crippen LogP contribution in [0, 0.1) is 5.92 Å². The second-order valence-corrected chi connectivity index (χ2v) is 7.31. The summed E-state index contributed by atoms with van der Waals surface area (Å²) in [4.78, 5) is 20.8. The molecule has 9 nitrogen and oxygen atoms in total. The van der Waals surface area contributed by atoms with Gasteiger partial charge in [0, 0.05) is 49.9 Å². The van der Waals surface area contributed by atoms with Crippen LogP contribution in [0.1, 0.15) is 25.3 Å². The number of amides is 1. The predicted molar refractivity (Wildman–Crippen MR) is 102 cm³/mol. The highest BCUT2D eigenvalue weighted by Gasteiger charge is 2.34. The van der Waals surface area contributed by atoms with Crippen LogP contribution in [0.3, 0.4) is 0 Å². The summed E-state index contributed by atoms with van der Waals surface area (Å²) in [6, 6.07) is 1.94. The molecule has 4 heterocycles. The fourth-order valence-corrected chi connectivity index (χ4v) is 3.63. The lowest BCUT2D eigenvalue weighted by Gasteiger charge is -2.14. The van der Waals surface area contributed by atoms with Crippen molar-refractivity contribution in [2.45, 2.75) is 25.3 Å². The third-order valence-electron chi connectivity index (χ3n) is 5.17. The van der Waals surface area contributed by atoms with E-state index in [9.17, 15) is 4.79 Å². The molecule has 1 saturated carbocycles. The molecular weight excluding hydrogens is 356 g/mol. The first-order valence-corrected chi connectivity index (χ1v) is 9.24. The second kappa shape index (κ2) is 6.29. The molecular formula is C19H20N8O. The third kappa shape index (κ3) is 2.94. The standard InChI is InChI=1S/C19H20N8O/c1-25-10-13(8-22-25)15-6-18-21-4-5-26(18)19(24-15)14-9-23-27(11-14)16(7-17(20)28)12-2-3-12/h4-6,8-12,16H,2-3,7H2,1H3,(H2,20,28). The van der Waals surface area contributed by atoms with E-state index in [1.807, 2.05) is 40.8 Å². The Hall–Kier alpha value is -3.49. The summed E-state index contributed by atoms with van der Waals surface area (Å²) in [5.74, 6) is 0.902. The molecule has 5 rings (SSSR count). The number of carbonyl (C=O) groups excluding carboxylic acids is 1. The van der Waals surface area contributed by atoms with Crippen molar-refractivity contribution in [3.05, 3.63) is 43.2 Å². The van der Waals surface area contributed by atoms with Crippen LogP contribution in [0.4, 0.5) is 0 Å². The lowest BCUT2D eigenvalue weighted by molar-refractivity contribution is -0.119. The molecule has 4 aromatic heterocycles. The van der Waals surface area contributed by atoms with Crippen LogP contribution in [0.2, 0.25) is 0 Å². The van der Waals surface area contributed by atoms with Crippen molar-refractivity contribution in [1.82, 2.24) is 33.9 Å². The first kappa shape index (κ1) is 16.7. The zero-order chi connectivity index (χ0) is 19.3. The molecule has 9 heteroatoms. The number of carbonyl (C=O) groups is 1. The maximum absolute atomic E-state index is 11.5. The van der Waals surface area contributed by atoms with Crippen molar-refractivity contribution in [2.24, 2.45) is 18.7 Å². The molecule has 0 aromatic carbocycles. The molecule has 1 atom stereocenters. The molecule has 28 heavy (non-hydrogen) atoms. The Labute approximate surface area is 160 Å². The molecule has 0 radical (unpaired) electrons. The Morgan fingerprint density at radius 3 is 2.79 bits per heavy atom. The van der Waals surface area contributed by atoms with Gasteiger partial charge < -0.3 is 5.73 Å². The Morgan fingerprint density at radius 2 is 2.07 bits per heavy atom. The molecule has 142 valence electrons. The minimum atomic E-state index is -0.303. The number of rotatable bonds is 6. The summed E-state index contributed by atoms with van der Waals surface area (Å²) < 4.78 is 5.54. The van der Waals surface area contributed by atoms with Gasteiger partial charge in [0.05, 0.1) is 29.7 Å². The predicted octanol–water partition coefficient (Wildman–Crippen LogP) is 1.82. The fourth-order valence-electron chi connectivity index (χ4n) is 3.63. The zero-order valence-corrected chi connectivity index (χ0v) is 15.4. The average molecular weight is 376 g/mol. The van der Waals surface area contributed by atoms with Crippen LogP contribution in [0.15, 0.2) is 43.2 Å². The molecule has 0 bridgehead atoms. The number of primary amides is 1. The minimum Gasteiger partial charge on any atom is -0.370 e. The molecule has 2 N–H and O–H groups in total. The van der Waals surface area contributed by atoms with Crippen LogP contribution in [0.25, 0.3) is 28.3 Å². The summed E-state index contributed by atoms with van der Waals surface area (Å²) in [5, 5.41) is 8.76. The van der Waals surface area contributed by atoms with Gasteiger partial charge in [0.25, 0.3) is 0 Å². The van der Waals surface area contributed by atoms with E-state index in [1.54, 1.807) is 23.3 Å². The maximum Gasteiger partial charge on any atom is 0.219 e. The summed E-state index contributed by atoms with van der Waals surface area (Å²) in [7, 11) is 1.87. The lowest BCUT2D eigenvalue weighted by atomic mass is 10.1. The number of nitrogens with two attached hydrogens (primary N) is 1. The zero-order valence-electron chi connectivity index (χ0n) is 15.4. The van der Waals surface area contributed by atoms with Gasteiger partial charge >= 0.3 is 0 Å². The molecule has 0 aliphatic heterocycles. The average Bonchev–Trinajstić information content (AvgIpc) is 3.07. The second-order valence-electron chi connectivity index (χ2n) is 7.31. The Kier molecular flexibility index (Phi) is 3.75. The molecule has 0 saturated heterocycles. The number of fused-ring (bicyclic) bond motifs is 1. The molecule has 1 aliphatic rings. The minimum absolute atomic E-state index is 0.00559. The van der Waals surface area contributed by atoms with Crippen LogP contribution in [-0.2, 0) is 11.8 Å². The number of nitrogens with zero attached hydrogens (tertiary/aromatic N) is 7. The number of hydrogen-bond acceptors (Lipinski definition) is 5. The van der Waals surface area contributed by atoms with Gasteiger partial charge in [-0.15, -0.1) is 0 Å². The van der Waals surface area contributed by atoms with Gasteiger partial charge in [0.2, 0.25) is 5.91 Å². The van der Waals surface area contributed by atoms with Gasteiger partial charge in [-0.05, 0) is 18.8 Å². The van der Waals surface area contributed by atoms with Crippen molar-refractivity contribution >= 4 is 11.6 Å². The SMILES string of the molecule is Cn1cc(-c2cc3nccn3c(-c3cnn(C(CC(N)=O)C4CC4)c3)n2)cn1. The topological polar surface area (TPSA) is 109 Å². The van der Waals surface area contributed by atoms with Crippen LogP contribution >= 0.6 is 0 Å². The smallest absolute Gasteiger partial charge is 0.219 e. The summed E-state index contributed by atoms with van der Waals surface area (Å²) in [6.07, 6.45) is 13.6. The highest BCUT2D eigenvalue weighted by atomic mass is 16.1. The molecule has 1 fully saturated rings. The number of hydrogen-bond donors (Lipinski definition) is 1. The van der Waals surface area contributed by atoms with Crippen molar-refractivity contribution in [3.63, 3.8) is 0 Å². The lowest BCUT2D eigenvalue weighted by Crippen LogP contribution is -2.21. The van der Waals surface area contributed by atoms with Crippen molar-refractivity contribution in [3.8, 4) is 22.6 Å². The Morgan fingerprint density at radius 1 is 1.25 bits per heavy atom. The highest BCUT2D eigenvalue weighted by molar-refractivity contribution is 5.74. The Balaban J connectivity index is 1.58. The van der Waals surface area contributed by atoms with E-state index < -0.39 is 0 Å². The van der Waals surface area contributed by atoms with E-state index in [1.165, 1.54) is 0 Å². The first-order valence-electron chi connectivity index (χ1n) is 9.24. The molecule has 1 aliphatic carbocycles. The molecule has 1 unspecified atom stereocenters. The maximum atomic E-state index is 11.5. The third-order valence-corrected chi connectivity index (χ3v) is 5.17. The van der Waals surface area contributed by atoms with Crippen LogP contribution < -0.4 is 5.73 Å². The molecule has 1 amide bonds. The Bertz CT molecular complexity index is 1170. The van der Waals surface area contributed by atoms with Crippen molar-refractivity contribution in [1.29, 1.82) is 0 Å². The van der Waals surface area contributed by atoms with E-state index in [0.29, 0.717) is 12.3 Å². The van der Waals surface area contributed by atoms with E-state index in [4.69, 9.17) is 10.7 Å². The first-order chi connectivity index (χ1) is 13.6. The quantitative estimate of drug-likeness (QED) is 0.552. The largest absolute Gasteiger partial charge is 0.370 e. The molecule has 0 spiro atoms. The fraction of sp³-hybridized carbons (Fsp3) is 0.316. The number of imidazole rings is 1. The molecule has 4 aromatic rings. The summed E-state index contributed by atoms with van der Waals surface area (Å²) >= 11 is 0. The summed E-state index contributed by atoms with van der Waals surface area (Å²) in [5.41, 5.74) is 8.83. The van der Waals surface area contributed by atoms with Crippen molar-refractivity contribution in [2.75, 3.05) is 0 Å². The van der Waals surface area contributed by atoms with E-state index >= 15 is 0 Å².